The van der Waals surface area contributed by atoms with Crippen LogP contribution in [0.15, 0.2) is 122 Å². The van der Waals surface area contributed by atoms with Crippen LogP contribution in [0.4, 0.5) is 0 Å². The van der Waals surface area contributed by atoms with E-state index in [0.29, 0.717) is 28.7 Å². The Morgan fingerprint density at radius 1 is 0.623 bits per heavy atom. The lowest BCUT2D eigenvalue weighted by Gasteiger charge is -2.32. The highest BCUT2D eigenvalue weighted by Gasteiger charge is 2.52. The Labute approximate surface area is 305 Å². The first-order valence-corrected chi connectivity index (χ1v) is 17.9. The predicted octanol–water partition coefficient (Wildman–Crippen LogP) is 10.7. The van der Waals surface area contributed by atoms with Crippen LogP contribution >= 0.6 is 0 Å². The maximum Gasteiger partial charge on any atom is 0.495 e. The molecular formula is C45H35BO7. The Balaban J connectivity index is 1.23. The van der Waals surface area contributed by atoms with E-state index in [9.17, 15) is 4.79 Å². The Kier molecular flexibility index (Phi) is 6.82. The summed E-state index contributed by atoms with van der Waals surface area (Å²) in [6.07, 6.45) is 0.426. The van der Waals surface area contributed by atoms with E-state index in [0.717, 1.165) is 76.8 Å². The average Bonchev–Trinajstić information content (AvgIpc) is 3.89. The number of ether oxygens (including phenoxy) is 1. The second-order valence-corrected chi connectivity index (χ2v) is 15.0. The van der Waals surface area contributed by atoms with E-state index < -0.39 is 24.3 Å². The molecule has 53 heavy (non-hydrogen) atoms. The van der Waals surface area contributed by atoms with Crippen molar-refractivity contribution in [2.24, 2.45) is 0 Å². The van der Waals surface area contributed by atoms with E-state index in [1.807, 2.05) is 84.9 Å². The lowest BCUT2D eigenvalue weighted by molar-refractivity contribution is 0.00578. The number of hydrogen-bond donors (Lipinski definition) is 0. The van der Waals surface area contributed by atoms with E-state index in [-0.39, 0.29) is 0 Å². The molecule has 0 radical (unpaired) electrons. The highest BCUT2D eigenvalue weighted by atomic mass is 16.7. The number of carbonyl (C=O) groups is 1. The highest BCUT2D eigenvalue weighted by molar-refractivity contribution is 6.66. The van der Waals surface area contributed by atoms with Crippen molar-refractivity contribution in [3.63, 3.8) is 0 Å². The number of furan rings is 3. The second-order valence-electron chi connectivity index (χ2n) is 15.0. The van der Waals surface area contributed by atoms with Gasteiger partial charge in [-0.05, 0) is 69.1 Å². The van der Waals surface area contributed by atoms with Crippen LogP contribution in [0.5, 0.6) is 0 Å². The molecule has 9 aromatic rings. The number of carbonyl (C=O) groups excluding carboxylic acids is 1. The van der Waals surface area contributed by atoms with Crippen molar-refractivity contribution in [1.82, 2.24) is 0 Å². The molecule has 0 spiro atoms. The summed E-state index contributed by atoms with van der Waals surface area (Å²) in [6, 6.07) is 36.1. The van der Waals surface area contributed by atoms with Crippen LogP contribution in [0, 0.1) is 0 Å². The van der Waals surface area contributed by atoms with Gasteiger partial charge in [0.05, 0.1) is 23.9 Å². The van der Waals surface area contributed by atoms with Crippen LogP contribution in [0.25, 0.3) is 76.9 Å². The van der Waals surface area contributed by atoms with Gasteiger partial charge in [-0.3, -0.25) is 0 Å². The Bertz CT molecular complexity index is 2940. The van der Waals surface area contributed by atoms with E-state index in [4.69, 9.17) is 27.3 Å². The van der Waals surface area contributed by atoms with Gasteiger partial charge in [0.25, 0.3) is 0 Å². The molecule has 0 aliphatic carbocycles. The van der Waals surface area contributed by atoms with Crippen molar-refractivity contribution in [2.45, 2.75) is 45.3 Å². The van der Waals surface area contributed by atoms with Crippen LogP contribution in [0.3, 0.4) is 0 Å². The Morgan fingerprint density at radius 3 is 1.91 bits per heavy atom. The molecule has 10 rings (SSSR count). The van der Waals surface area contributed by atoms with E-state index in [1.54, 1.807) is 0 Å². The fourth-order valence-corrected chi connectivity index (χ4v) is 8.02. The van der Waals surface area contributed by atoms with Gasteiger partial charge < -0.3 is 27.3 Å². The average molecular weight is 699 g/mol. The van der Waals surface area contributed by atoms with Gasteiger partial charge in [0.2, 0.25) is 0 Å². The quantitative estimate of drug-likeness (QED) is 0.131. The SMILES string of the molecule is COC(=O)c1cc(Cc2cc(B3OC(C)(C)C(C)(C)O3)c3c(c2)oc2ccccc23)c2oc3ccccc3c2c1-c1cccc2c1oc1ccccc12. The van der Waals surface area contributed by atoms with Gasteiger partial charge in [0, 0.05) is 55.4 Å². The van der Waals surface area contributed by atoms with Crippen molar-refractivity contribution in [1.29, 1.82) is 0 Å². The number of benzene rings is 6. The molecule has 1 aliphatic rings. The molecule has 1 fully saturated rings. The summed E-state index contributed by atoms with van der Waals surface area (Å²) >= 11 is 0. The smallest absolute Gasteiger partial charge is 0.465 e. The molecule has 1 saturated heterocycles. The maximum absolute atomic E-state index is 13.9. The topological polar surface area (TPSA) is 84.2 Å². The summed E-state index contributed by atoms with van der Waals surface area (Å²) in [6.45, 7) is 8.23. The van der Waals surface area contributed by atoms with Gasteiger partial charge in [0.15, 0.2) is 0 Å². The zero-order valence-corrected chi connectivity index (χ0v) is 30.0. The van der Waals surface area contributed by atoms with Gasteiger partial charge in [0.1, 0.15) is 33.5 Å². The number of fused-ring (bicyclic) bond motifs is 9. The van der Waals surface area contributed by atoms with Crippen LogP contribution in [-0.4, -0.2) is 31.4 Å². The van der Waals surface area contributed by atoms with Crippen molar-refractivity contribution < 1.29 is 32.1 Å². The first-order valence-electron chi connectivity index (χ1n) is 17.9. The number of rotatable bonds is 5. The van der Waals surface area contributed by atoms with Gasteiger partial charge in [-0.15, -0.1) is 0 Å². The lowest BCUT2D eigenvalue weighted by Crippen LogP contribution is -2.41. The van der Waals surface area contributed by atoms with Gasteiger partial charge in [-0.1, -0.05) is 78.9 Å². The summed E-state index contributed by atoms with van der Waals surface area (Å²) in [7, 11) is 0.796. The molecule has 6 aromatic carbocycles. The number of hydrogen-bond acceptors (Lipinski definition) is 7. The highest BCUT2D eigenvalue weighted by Crippen LogP contribution is 2.46. The summed E-state index contributed by atoms with van der Waals surface area (Å²) < 4.78 is 38.4. The third kappa shape index (κ3) is 4.72. The summed E-state index contributed by atoms with van der Waals surface area (Å²) in [4.78, 5) is 13.9. The molecule has 8 heteroatoms. The number of esters is 1. The molecule has 0 unspecified atom stereocenters. The van der Waals surface area contributed by atoms with Crippen molar-refractivity contribution in [3.8, 4) is 11.1 Å². The number of methoxy groups -OCH3 is 1. The molecule has 0 saturated carbocycles. The zero-order valence-electron chi connectivity index (χ0n) is 30.0. The molecule has 4 heterocycles. The van der Waals surface area contributed by atoms with Gasteiger partial charge in [-0.25, -0.2) is 4.79 Å². The summed E-state index contributed by atoms with van der Waals surface area (Å²) in [5.41, 5.74) is 7.90. The fraction of sp³-hybridized carbons (Fsp3) is 0.178. The molecule has 0 bridgehead atoms. The minimum atomic E-state index is -0.619. The first kappa shape index (κ1) is 31.9. The standard InChI is InChI=1S/C45H35BO7/c1-44(2)45(3,4)53-46(52-44)33-22-25(23-37-39(33)29-14-7-10-19-35(29)49-37)21-26-24-32(43(47)48-5)38(40-30-15-8-11-20-36(30)50-41(26)40)31-17-12-16-28-27-13-6-9-18-34(27)51-42(28)31/h6-20,22-24H,21H2,1-5H3. The van der Waals surface area contributed by atoms with E-state index in [1.165, 1.54) is 7.11 Å². The van der Waals surface area contributed by atoms with Gasteiger partial charge >= 0.3 is 13.1 Å². The molecule has 3 aromatic heterocycles. The fourth-order valence-electron chi connectivity index (χ4n) is 8.02. The van der Waals surface area contributed by atoms with Crippen molar-refractivity contribution >= 4 is 84.4 Å². The molecule has 1 aliphatic heterocycles. The van der Waals surface area contributed by atoms with Crippen LogP contribution in [0.2, 0.25) is 0 Å². The predicted molar refractivity (Wildman–Crippen MR) is 210 cm³/mol. The Hall–Kier alpha value is -5.83. The monoisotopic (exact) mass is 698 g/mol. The lowest BCUT2D eigenvalue weighted by atomic mass is 9.75. The molecule has 260 valence electrons. The minimum Gasteiger partial charge on any atom is -0.465 e. The van der Waals surface area contributed by atoms with E-state index >= 15 is 0 Å². The maximum atomic E-state index is 13.9. The molecule has 0 atom stereocenters. The normalized spacial score (nSPS) is 15.5. The second kappa shape index (κ2) is 11.3. The summed E-state index contributed by atoms with van der Waals surface area (Å²) in [5, 5.41) is 5.64. The van der Waals surface area contributed by atoms with Crippen molar-refractivity contribution in [2.75, 3.05) is 7.11 Å². The Morgan fingerprint density at radius 2 is 1.21 bits per heavy atom. The molecule has 0 N–H and O–H groups in total. The van der Waals surface area contributed by atoms with Crippen LogP contribution in [0.1, 0.15) is 49.2 Å². The van der Waals surface area contributed by atoms with Crippen LogP contribution in [-0.2, 0) is 20.5 Å². The first-order chi connectivity index (χ1) is 25.6. The van der Waals surface area contributed by atoms with E-state index in [2.05, 4.69) is 52.0 Å². The molecule has 7 nitrogen and oxygen atoms in total. The van der Waals surface area contributed by atoms with Crippen molar-refractivity contribution in [3.05, 3.63) is 126 Å². The summed E-state index contributed by atoms with van der Waals surface area (Å²) in [5.74, 6) is -0.452. The third-order valence-corrected chi connectivity index (χ3v) is 11.3. The van der Waals surface area contributed by atoms with Crippen LogP contribution < -0.4 is 5.46 Å². The largest absolute Gasteiger partial charge is 0.495 e. The number of para-hydroxylation sites is 4. The molecule has 0 amide bonds. The third-order valence-electron chi connectivity index (χ3n) is 11.3. The zero-order chi connectivity index (χ0) is 36.2. The minimum absolute atomic E-state index is 0.422. The molecular weight excluding hydrogens is 663 g/mol. The van der Waals surface area contributed by atoms with Gasteiger partial charge in [-0.2, -0.15) is 0 Å².